The number of aryl methyl sites for hydroxylation is 3. The number of nitrogens with zero attached hydrogens (tertiary/aromatic N) is 2. The quantitative estimate of drug-likeness (QED) is 0.648. The lowest BCUT2D eigenvalue weighted by Crippen LogP contribution is -2.68. The van der Waals surface area contributed by atoms with Crippen LogP contribution in [0.25, 0.3) is 11.0 Å². The number of aliphatic hydroxyl groups is 1. The van der Waals surface area contributed by atoms with E-state index in [0.29, 0.717) is 30.7 Å². The maximum atomic E-state index is 12.5. The second-order valence-electron chi connectivity index (χ2n) is 8.67. The molecule has 1 aliphatic rings. The van der Waals surface area contributed by atoms with E-state index in [9.17, 15) is 14.7 Å². The lowest BCUT2D eigenvalue weighted by molar-refractivity contribution is -0.238. The summed E-state index contributed by atoms with van der Waals surface area (Å²) in [7, 11) is 1.79. The van der Waals surface area contributed by atoms with E-state index in [1.54, 1.807) is 11.7 Å². The number of ether oxygens (including phenoxy) is 1. The molecule has 0 radical (unpaired) electrons. The summed E-state index contributed by atoms with van der Waals surface area (Å²) in [5, 5.41) is 19.0. The van der Waals surface area contributed by atoms with E-state index in [4.69, 9.17) is 4.74 Å². The van der Waals surface area contributed by atoms with E-state index in [-0.39, 0.29) is 30.5 Å². The predicted octanol–water partition coefficient (Wildman–Crippen LogP) is 1.49. The van der Waals surface area contributed by atoms with Crippen molar-refractivity contribution in [2.75, 3.05) is 13.2 Å². The molecule has 0 aliphatic heterocycles. The Morgan fingerprint density at radius 3 is 2.72 bits per heavy atom. The van der Waals surface area contributed by atoms with E-state index >= 15 is 0 Å². The zero-order chi connectivity index (χ0) is 21.6. The Morgan fingerprint density at radius 2 is 2.10 bits per heavy atom. The molecule has 2 heterocycles. The molecule has 3 rings (SSSR count). The molecule has 0 saturated heterocycles. The van der Waals surface area contributed by atoms with Crippen molar-refractivity contribution < 1.29 is 14.6 Å². The summed E-state index contributed by atoms with van der Waals surface area (Å²) in [4.78, 5) is 27.8. The van der Waals surface area contributed by atoms with E-state index < -0.39 is 11.0 Å². The van der Waals surface area contributed by atoms with E-state index in [0.717, 1.165) is 16.6 Å². The molecule has 160 valence electrons. The van der Waals surface area contributed by atoms with Crippen molar-refractivity contribution >= 4 is 16.9 Å². The monoisotopic (exact) mass is 404 g/mol. The standard InChI is InChI=1S/C21H32N4O4/c1-7-29-15-10-21(28,20(15,4)5)11-22-16(26)9-8-14-12(2)17-13(3)24-25(6)18(17)23-19(14)27/h15,28H,7-11H2,1-6H3,(H,22,26)(H,23,27). The second-order valence-corrected chi connectivity index (χ2v) is 8.67. The highest BCUT2D eigenvalue weighted by molar-refractivity contribution is 5.83. The van der Waals surface area contributed by atoms with Gasteiger partial charge in [-0.05, 0) is 32.8 Å². The van der Waals surface area contributed by atoms with Crippen LogP contribution >= 0.6 is 0 Å². The van der Waals surface area contributed by atoms with Gasteiger partial charge in [0.25, 0.3) is 5.56 Å². The van der Waals surface area contributed by atoms with Crippen molar-refractivity contribution in [3.63, 3.8) is 0 Å². The van der Waals surface area contributed by atoms with E-state index in [1.165, 1.54) is 0 Å². The van der Waals surface area contributed by atoms with Crippen LogP contribution in [0.3, 0.4) is 0 Å². The fourth-order valence-corrected chi connectivity index (χ4v) is 4.39. The Bertz CT molecular complexity index is 991. The van der Waals surface area contributed by atoms with Crippen molar-refractivity contribution in [2.45, 2.75) is 65.6 Å². The molecule has 1 saturated carbocycles. The zero-order valence-corrected chi connectivity index (χ0v) is 18.2. The van der Waals surface area contributed by atoms with Crippen LogP contribution in [0.5, 0.6) is 0 Å². The van der Waals surface area contributed by atoms with Gasteiger partial charge in [-0.1, -0.05) is 13.8 Å². The smallest absolute Gasteiger partial charge is 0.253 e. The molecule has 0 bridgehead atoms. The van der Waals surface area contributed by atoms with Crippen LogP contribution in [0.15, 0.2) is 4.79 Å². The fourth-order valence-electron chi connectivity index (χ4n) is 4.39. The molecule has 1 aliphatic carbocycles. The van der Waals surface area contributed by atoms with Gasteiger partial charge in [0, 0.05) is 49.4 Å². The average Bonchev–Trinajstić information content (AvgIpc) is 2.93. The van der Waals surface area contributed by atoms with Crippen molar-refractivity contribution in [3.8, 4) is 0 Å². The Morgan fingerprint density at radius 1 is 1.41 bits per heavy atom. The molecular weight excluding hydrogens is 372 g/mol. The Labute approximate surface area is 170 Å². The molecule has 1 amide bonds. The summed E-state index contributed by atoms with van der Waals surface area (Å²) in [6.07, 6.45) is 1.01. The van der Waals surface area contributed by atoms with Crippen LogP contribution in [0.1, 0.15) is 50.4 Å². The molecule has 2 atom stereocenters. The van der Waals surface area contributed by atoms with Crippen LogP contribution in [0.4, 0.5) is 0 Å². The Kier molecular flexibility index (Phi) is 5.62. The van der Waals surface area contributed by atoms with Gasteiger partial charge in [0.1, 0.15) is 5.65 Å². The Balaban J connectivity index is 1.63. The molecule has 8 heteroatoms. The minimum atomic E-state index is -0.985. The first kappa shape index (κ1) is 21.5. The minimum Gasteiger partial charge on any atom is -0.387 e. The summed E-state index contributed by atoms with van der Waals surface area (Å²) in [5.41, 5.74) is 1.40. The number of carbonyl (C=O) groups is 1. The third-order valence-corrected chi connectivity index (χ3v) is 6.63. The summed E-state index contributed by atoms with van der Waals surface area (Å²) in [6, 6.07) is 0. The molecule has 2 aromatic heterocycles. The highest BCUT2D eigenvalue weighted by Gasteiger charge is 2.59. The maximum absolute atomic E-state index is 12.5. The van der Waals surface area contributed by atoms with Gasteiger partial charge in [-0.2, -0.15) is 5.10 Å². The molecule has 2 unspecified atom stereocenters. The van der Waals surface area contributed by atoms with Gasteiger partial charge in [0.05, 0.1) is 17.4 Å². The molecule has 8 nitrogen and oxygen atoms in total. The van der Waals surface area contributed by atoms with Gasteiger partial charge >= 0.3 is 0 Å². The van der Waals surface area contributed by atoms with Gasteiger partial charge in [0.2, 0.25) is 5.91 Å². The van der Waals surface area contributed by atoms with Gasteiger partial charge in [-0.3, -0.25) is 14.3 Å². The number of rotatable bonds is 7. The number of aromatic nitrogens is 3. The number of hydrogen-bond donors (Lipinski definition) is 3. The lowest BCUT2D eigenvalue weighted by atomic mass is 9.56. The third kappa shape index (κ3) is 3.59. The summed E-state index contributed by atoms with van der Waals surface area (Å²) >= 11 is 0. The highest BCUT2D eigenvalue weighted by atomic mass is 16.5. The van der Waals surface area contributed by atoms with Gasteiger partial charge < -0.3 is 20.1 Å². The number of carbonyl (C=O) groups excluding carboxylic acids is 1. The highest BCUT2D eigenvalue weighted by Crippen LogP contribution is 2.50. The number of H-pyrrole nitrogens is 1. The summed E-state index contributed by atoms with van der Waals surface area (Å²) in [6.45, 7) is 10.4. The maximum Gasteiger partial charge on any atom is 0.253 e. The minimum absolute atomic E-state index is 0.00920. The normalized spacial score (nSPS) is 23.2. The molecular formula is C21H32N4O4. The summed E-state index contributed by atoms with van der Waals surface area (Å²) < 4.78 is 7.31. The van der Waals surface area contributed by atoms with E-state index in [1.807, 2.05) is 34.6 Å². The molecule has 1 fully saturated rings. The number of hydrogen-bond acceptors (Lipinski definition) is 5. The third-order valence-electron chi connectivity index (χ3n) is 6.63. The number of nitrogens with one attached hydrogen (secondary N) is 2. The van der Waals surface area contributed by atoms with Gasteiger partial charge in [-0.25, -0.2) is 0 Å². The van der Waals surface area contributed by atoms with Crippen molar-refractivity contribution in [2.24, 2.45) is 12.5 Å². The first-order valence-electron chi connectivity index (χ1n) is 10.2. The first-order chi connectivity index (χ1) is 13.5. The van der Waals surface area contributed by atoms with Crippen molar-refractivity contribution in [1.29, 1.82) is 0 Å². The average molecular weight is 405 g/mol. The molecule has 0 aromatic carbocycles. The number of aromatic amines is 1. The number of pyridine rings is 1. The van der Waals surface area contributed by atoms with Gasteiger partial charge in [-0.15, -0.1) is 0 Å². The Hall–Kier alpha value is -2.19. The predicted molar refractivity (Wildman–Crippen MR) is 111 cm³/mol. The van der Waals surface area contributed by atoms with Crippen LogP contribution in [-0.4, -0.2) is 50.6 Å². The molecule has 29 heavy (non-hydrogen) atoms. The van der Waals surface area contributed by atoms with Crippen molar-refractivity contribution in [3.05, 3.63) is 27.2 Å². The number of fused-ring (bicyclic) bond motifs is 1. The van der Waals surface area contributed by atoms with Gasteiger partial charge in [0.15, 0.2) is 0 Å². The molecule has 3 N–H and O–H groups in total. The van der Waals surface area contributed by atoms with Crippen LogP contribution in [-0.2, 0) is 23.0 Å². The molecule has 2 aromatic rings. The number of amides is 1. The summed E-state index contributed by atoms with van der Waals surface area (Å²) in [5.74, 6) is -0.184. The second kappa shape index (κ2) is 7.57. The lowest BCUT2D eigenvalue weighted by Gasteiger charge is -2.57. The largest absolute Gasteiger partial charge is 0.387 e. The van der Waals surface area contributed by atoms with Crippen molar-refractivity contribution in [1.82, 2.24) is 20.1 Å². The van der Waals surface area contributed by atoms with Crippen LogP contribution in [0.2, 0.25) is 0 Å². The topological polar surface area (TPSA) is 109 Å². The SMILES string of the molecule is CCOC1CC(O)(CNC(=O)CCc2c(C)c3c(C)nn(C)c3[nH]c2=O)C1(C)C. The van der Waals surface area contributed by atoms with Crippen LogP contribution < -0.4 is 10.9 Å². The first-order valence-corrected chi connectivity index (χ1v) is 10.2. The van der Waals surface area contributed by atoms with Crippen LogP contribution in [0, 0.1) is 19.3 Å². The zero-order valence-electron chi connectivity index (χ0n) is 18.2. The molecule has 0 spiro atoms. The fraction of sp³-hybridized carbons (Fsp3) is 0.667. The van der Waals surface area contributed by atoms with E-state index in [2.05, 4.69) is 15.4 Å².